The number of nitrogens with zero attached hydrogens (tertiary/aromatic N) is 2. The van der Waals surface area contributed by atoms with Gasteiger partial charge < -0.3 is 8.83 Å². The third kappa shape index (κ3) is 3.19. The number of thioether (sulfide) groups is 1. The molecule has 0 radical (unpaired) electrons. The molecular weight excluding hydrogens is 359 g/mol. The molecule has 0 bridgehead atoms. The Balaban J connectivity index is 1.72. The molecule has 0 saturated carbocycles. The summed E-state index contributed by atoms with van der Waals surface area (Å²) < 4.78 is 25.2. The minimum atomic E-state index is -0.262. The monoisotopic (exact) mass is 368 g/mol. The maximum absolute atomic E-state index is 13.7. The SMILES string of the molecule is Cc1occc1-c1nnc(SCc2ccc(Br)cc2F)o1. The Morgan fingerprint density at radius 3 is 2.86 bits per heavy atom. The summed E-state index contributed by atoms with van der Waals surface area (Å²) in [6.45, 7) is 1.82. The minimum absolute atomic E-state index is 0.262. The van der Waals surface area contributed by atoms with E-state index in [2.05, 4.69) is 26.1 Å². The van der Waals surface area contributed by atoms with Crippen molar-refractivity contribution in [1.29, 1.82) is 0 Å². The lowest BCUT2D eigenvalue weighted by Crippen LogP contribution is -1.87. The van der Waals surface area contributed by atoms with Crippen molar-refractivity contribution in [2.24, 2.45) is 0 Å². The molecule has 2 aromatic heterocycles. The Kier molecular flexibility index (Phi) is 4.12. The Morgan fingerprint density at radius 1 is 1.29 bits per heavy atom. The van der Waals surface area contributed by atoms with E-state index in [9.17, 15) is 4.39 Å². The van der Waals surface area contributed by atoms with E-state index in [0.717, 1.165) is 5.56 Å². The molecule has 108 valence electrons. The van der Waals surface area contributed by atoms with Gasteiger partial charge in [0.2, 0.25) is 0 Å². The molecule has 0 N–H and O–H groups in total. The van der Waals surface area contributed by atoms with Crippen LogP contribution in [0.4, 0.5) is 4.39 Å². The van der Waals surface area contributed by atoms with E-state index in [1.807, 2.05) is 6.92 Å². The summed E-state index contributed by atoms with van der Waals surface area (Å²) in [5.41, 5.74) is 1.35. The molecule has 3 rings (SSSR count). The minimum Gasteiger partial charge on any atom is -0.469 e. The molecule has 4 nitrogen and oxygen atoms in total. The highest BCUT2D eigenvalue weighted by Crippen LogP contribution is 2.28. The summed E-state index contributed by atoms with van der Waals surface area (Å²) in [4.78, 5) is 0. The molecule has 0 unspecified atom stereocenters. The number of hydrogen-bond donors (Lipinski definition) is 0. The number of hydrogen-bond acceptors (Lipinski definition) is 5. The van der Waals surface area contributed by atoms with Crippen LogP contribution in [-0.2, 0) is 5.75 Å². The van der Waals surface area contributed by atoms with Gasteiger partial charge >= 0.3 is 0 Å². The first kappa shape index (κ1) is 14.3. The zero-order valence-corrected chi connectivity index (χ0v) is 13.4. The number of aryl methyl sites for hydroxylation is 1. The third-order valence-electron chi connectivity index (χ3n) is 2.86. The summed E-state index contributed by atoms with van der Waals surface area (Å²) in [6.07, 6.45) is 1.57. The van der Waals surface area contributed by atoms with Crippen LogP contribution in [0, 0.1) is 12.7 Å². The van der Waals surface area contributed by atoms with Gasteiger partial charge in [-0.2, -0.15) is 0 Å². The Hall–Kier alpha value is -1.60. The lowest BCUT2D eigenvalue weighted by atomic mass is 10.2. The molecule has 0 amide bonds. The average molecular weight is 369 g/mol. The van der Waals surface area contributed by atoms with Crippen LogP contribution in [0.3, 0.4) is 0 Å². The first-order valence-corrected chi connectivity index (χ1v) is 7.86. The van der Waals surface area contributed by atoms with E-state index in [1.165, 1.54) is 17.8 Å². The van der Waals surface area contributed by atoms with Gasteiger partial charge in [0.15, 0.2) is 0 Å². The standard InChI is InChI=1S/C14H10BrFN2O2S/c1-8-11(4-5-19-8)13-17-18-14(20-13)21-7-9-2-3-10(15)6-12(9)16/h2-6H,7H2,1H3. The second kappa shape index (κ2) is 6.03. The third-order valence-corrected chi connectivity index (χ3v) is 4.22. The van der Waals surface area contributed by atoms with E-state index >= 15 is 0 Å². The molecule has 3 aromatic rings. The van der Waals surface area contributed by atoms with Crippen molar-refractivity contribution in [2.75, 3.05) is 0 Å². The number of aromatic nitrogens is 2. The van der Waals surface area contributed by atoms with Gasteiger partial charge in [0.1, 0.15) is 11.6 Å². The van der Waals surface area contributed by atoms with Crippen molar-refractivity contribution >= 4 is 27.7 Å². The molecule has 0 aliphatic rings. The maximum atomic E-state index is 13.7. The fraction of sp³-hybridized carbons (Fsp3) is 0.143. The highest BCUT2D eigenvalue weighted by atomic mass is 79.9. The topological polar surface area (TPSA) is 52.1 Å². The fourth-order valence-electron chi connectivity index (χ4n) is 1.76. The lowest BCUT2D eigenvalue weighted by Gasteiger charge is -2.01. The predicted molar refractivity (Wildman–Crippen MR) is 80.4 cm³/mol. The van der Waals surface area contributed by atoms with Gasteiger partial charge in [-0.05, 0) is 30.7 Å². The van der Waals surface area contributed by atoms with Gasteiger partial charge in [-0.3, -0.25) is 0 Å². The Labute approximate surface area is 132 Å². The van der Waals surface area contributed by atoms with Crippen molar-refractivity contribution in [1.82, 2.24) is 10.2 Å². The molecule has 0 aliphatic heterocycles. The molecular formula is C14H10BrFN2O2S. The van der Waals surface area contributed by atoms with Gasteiger partial charge in [-0.25, -0.2) is 4.39 Å². The lowest BCUT2D eigenvalue weighted by molar-refractivity contribution is 0.463. The molecule has 7 heteroatoms. The molecule has 0 fully saturated rings. The summed E-state index contributed by atoms with van der Waals surface area (Å²) in [5.74, 6) is 1.28. The molecule has 0 aliphatic carbocycles. The Bertz CT molecular complexity index is 772. The van der Waals surface area contributed by atoms with Crippen LogP contribution >= 0.6 is 27.7 Å². The Morgan fingerprint density at radius 2 is 2.14 bits per heavy atom. The second-order valence-electron chi connectivity index (χ2n) is 4.29. The van der Waals surface area contributed by atoms with E-state index in [0.29, 0.717) is 32.7 Å². The molecule has 0 atom stereocenters. The highest BCUT2D eigenvalue weighted by molar-refractivity contribution is 9.10. The molecule has 1 aromatic carbocycles. The smallest absolute Gasteiger partial charge is 0.277 e. The van der Waals surface area contributed by atoms with Crippen LogP contribution in [0.2, 0.25) is 0 Å². The second-order valence-corrected chi connectivity index (χ2v) is 6.13. The molecule has 21 heavy (non-hydrogen) atoms. The predicted octanol–water partition coefficient (Wildman–Crippen LogP) is 4.83. The van der Waals surface area contributed by atoms with Gasteiger partial charge in [0.25, 0.3) is 11.1 Å². The fourth-order valence-corrected chi connectivity index (χ4v) is 2.84. The van der Waals surface area contributed by atoms with Crippen molar-refractivity contribution in [2.45, 2.75) is 17.9 Å². The first-order chi connectivity index (χ1) is 10.1. The summed E-state index contributed by atoms with van der Waals surface area (Å²) in [5, 5.41) is 8.31. The summed E-state index contributed by atoms with van der Waals surface area (Å²) in [6, 6.07) is 6.73. The van der Waals surface area contributed by atoms with E-state index in [-0.39, 0.29) is 5.82 Å². The van der Waals surface area contributed by atoms with E-state index in [1.54, 1.807) is 24.5 Å². The van der Waals surface area contributed by atoms with Crippen molar-refractivity contribution in [3.63, 3.8) is 0 Å². The molecule has 2 heterocycles. The van der Waals surface area contributed by atoms with E-state index in [4.69, 9.17) is 8.83 Å². The van der Waals surface area contributed by atoms with Crippen molar-refractivity contribution in [3.05, 3.63) is 52.1 Å². The summed E-state index contributed by atoms with van der Waals surface area (Å²) in [7, 11) is 0. The van der Waals surface area contributed by atoms with Crippen molar-refractivity contribution in [3.8, 4) is 11.5 Å². The van der Waals surface area contributed by atoms with Crippen LogP contribution in [0.15, 0.2) is 49.1 Å². The van der Waals surface area contributed by atoms with Gasteiger partial charge in [-0.15, -0.1) is 10.2 Å². The van der Waals surface area contributed by atoms with Gasteiger partial charge in [0.05, 0.1) is 11.8 Å². The number of furan rings is 1. The first-order valence-electron chi connectivity index (χ1n) is 6.08. The maximum Gasteiger partial charge on any atom is 0.277 e. The summed E-state index contributed by atoms with van der Waals surface area (Å²) >= 11 is 4.52. The van der Waals surface area contributed by atoms with Crippen LogP contribution in [0.5, 0.6) is 0 Å². The van der Waals surface area contributed by atoms with Crippen LogP contribution in [0.1, 0.15) is 11.3 Å². The van der Waals surface area contributed by atoms with Crippen LogP contribution in [-0.4, -0.2) is 10.2 Å². The quantitative estimate of drug-likeness (QED) is 0.617. The van der Waals surface area contributed by atoms with Gasteiger partial charge in [-0.1, -0.05) is 33.8 Å². The van der Waals surface area contributed by atoms with Crippen LogP contribution < -0.4 is 0 Å². The normalized spacial score (nSPS) is 11.0. The van der Waals surface area contributed by atoms with Crippen LogP contribution in [0.25, 0.3) is 11.5 Å². The number of benzene rings is 1. The zero-order valence-electron chi connectivity index (χ0n) is 11.0. The number of rotatable bonds is 4. The van der Waals surface area contributed by atoms with E-state index < -0.39 is 0 Å². The highest BCUT2D eigenvalue weighted by Gasteiger charge is 2.14. The zero-order chi connectivity index (χ0) is 14.8. The molecule has 0 saturated heterocycles. The molecule has 0 spiro atoms. The largest absolute Gasteiger partial charge is 0.469 e. The van der Waals surface area contributed by atoms with Crippen molar-refractivity contribution < 1.29 is 13.2 Å². The average Bonchev–Trinajstić information content (AvgIpc) is 3.06. The number of halogens is 2. The van der Waals surface area contributed by atoms with Gasteiger partial charge in [0, 0.05) is 10.2 Å².